The standard InChI is InChI=1S/C12H17NO2S/c1-8-3-4-9(2)10(5-8)6-16-7-11(13)12(14)15/h3-5,11H,6-7,13H2,1-2H3,(H,14,15)/t11-/m0/s1. The van der Waals surface area contributed by atoms with Crippen molar-refractivity contribution in [3.8, 4) is 0 Å². The quantitative estimate of drug-likeness (QED) is 0.824. The van der Waals surface area contributed by atoms with E-state index in [1.54, 1.807) is 11.8 Å². The smallest absolute Gasteiger partial charge is 0.321 e. The molecule has 1 atom stereocenters. The van der Waals surface area contributed by atoms with Gasteiger partial charge in [-0.25, -0.2) is 0 Å². The summed E-state index contributed by atoms with van der Waals surface area (Å²) < 4.78 is 0. The van der Waals surface area contributed by atoms with Crippen LogP contribution in [0.5, 0.6) is 0 Å². The van der Waals surface area contributed by atoms with E-state index in [0.29, 0.717) is 5.75 Å². The van der Waals surface area contributed by atoms with Gasteiger partial charge >= 0.3 is 5.97 Å². The molecule has 0 radical (unpaired) electrons. The van der Waals surface area contributed by atoms with Crippen molar-refractivity contribution in [1.29, 1.82) is 0 Å². The molecule has 0 aromatic heterocycles. The summed E-state index contributed by atoms with van der Waals surface area (Å²) in [5.41, 5.74) is 9.14. The van der Waals surface area contributed by atoms with E-state index in [9.17, 15) is 4.79 Å². The molecule has 0 saturated heterocycles. The Hall–Kier alpha value is -1.00. The Morgan fingerprint density at radius 2 is 2.19 bits per heavy atom. The van der Waals surface area contributed by atoms with Gasteiger partial charge in [0.15, 0.2) is 0 Å². The Balaban J connectivity index is 2.48. The Kier molecular flexibility index (Phi) is 4.83. The van der Waals surface area contributed by atoms with E-state index in [-0.39, 0.29) is 0 Å². The number of hydrogen-bond acceptors (Lipinski definition) is 3. The number of nitrogens with two attached hydrogens (primary N) is 1. The van der Waals surface area contributed by atoms with Crippen LogP contribution in [0.1, 0.15) is 16.7 Å². The van der Waals surface area contributed by atoms with Crippen LogP contribution in [0.15, 0.2) is 18.2 Å². The molecular weight excluding hydrogens is 222 g/mol. The predicted molar refractivity (Wildman–Crippen MR) is 67.7 cm³/mol. The van der Waals surface area contributed by atoms with E-state index >= 15 is 0 Å². The number of carboxylic acid groups (broad SMARTS) is 1. The third-order valence-electron chi connectivity index (χ3n) is 2.38. The molecule has 4 heteroatoms. The summed E-state index contributed by atoms with van der Waals surface area (Å²) in [7, 11) is 0. The SMILES string of the molecule is Cc1ccc(C)c(CSC[C@H](N)C(=O)O)c1. The summed E-state index contributed by atoms with van der Waals surface area (Å²) in [6.45, 7) is 4.11. The minimum atomic E-state index is -0.937. The molecule has 0 unspecified atom stereocenters. The third kappa shape index (κ3) is 3.87. The third-order valence-corrected chi connectivity index (χ3v) is 3.49. The van der Waals surface area contributed by atoms with E-state index in [0.717, 1.165) is 5.75 Å². The van der Waals surface area contributed by atoms with Crippen LogP contribution in [0.2, 0.25) is 0 Å². The second-order valence-corrected chi connectivity index (χ2v) is 4.92. The van der Waals surface area contributed by atoms with E-state index < -0.39 is 12.0 Å². The van der Waals surface area contributed by atoms with Gasteiger partial charge in [0.25, 0.3) is 0 Å². The number of thioether (sulfide) groups is 1. The fraction of sp³-hybridized carbons (Fsp3) is 0.417. The van der Waals surface area contributed by atoms with Crippen LogP contribution in [-0.4, -0.2) is 22.9 Å². The fourth-order valence-electron chi connectivity index (χ4n) is 1.32. The van der Waals surface area contributed by atoms with Gasteiger partial charge in [0, 0.05) is 11.5 Å². The van der Waals surface area contributed by atoms with Crippen molar-refractivity contribution in [2.45, 2.75) is 25.6 Å². The first-order chi connectivity index (χ1) is 7.50. The maximum absolute atomic E-state index is 10.5. The van der Waals surface area contributed by atoms with Crippen molar-refractivity contribution in [3.05, 3.63) is 34.9 Å². The molecule has 0 amide bonds. The molecule has 0 fully saturated rings. The van der Waals surface area contributed by atoms with Gasteiger partial charge in [-0.1, -0.05) is 23.8 Å². The van der Waals surface area contributed by atoms with E-state index in [4.69, 9.17) is 10.8 Å². The normalized spacial score (nSPS) is 12.4. The van der Waals surface area contributed by atoms with Gasteiger partial charge in [0.1, 0.15) is 6.04 Å². The van der Waals surface area contributed by atoms with Crippen LogP contribution in [0.25, 0.3) is 0 Å². The highest BCUT2D eigenvalue weighted by atomic mass is 32.2. The first kappa shape index (κ1) is 13.1. The minimum Gasteiger partial charge on any atom is -0.480 e. The van der Waals surface area contributed by atoms with Gasteiger partial charge < -0.3 is 10.8 Å². The Morgan fingerprint density at radius 3 is 2.81 bits per heavy atom. The number of carbonyl (C=O) groups is 1. The predicted octanol–water partition coefficient (Wildman–Crippen LogP) is 1.95. The van der Waals surface area contributed by atoms with Crippen molar-refractivity contribution in [2.24, 2.45) is 5.73 Å². The zero-order valence-corrected chi connectivity index (χ0v) is 10.4. The minimum absolute atomic E-state index is 0.447. The summed E-state index contributed by atoms with van der Waals surface area (Å²) in [6.07, 6.45) is 0. The molecule has 0 aliphatic heterocycles. The molecular formula is C12H17NO2S. The van der Waals surface area contributed by atoms with Crippen LogP contribution < -0.4 is 5.73 Å². The highest BCUT2D eigenvalue weighted by Crippen LogP contribution is 2.18. The van der Waals surface area contributed by atoms with Crippen LogP contribution in [0.3, 0.4) is 0 Å². The molecule has 0 heterocycles. The van der Waals surface area contributed by atoms with Crippen molar-refractivity contribution < 1.29 is 9.90 Å². The van der Waals surface area contributed by atoms with Crippen LogP contribution >= 0.6 is 11.8 Å². The fourth-order valence-corrected chi connectivity index (χ4v) is 2.37. The van der Waals surface area contributed by atoms with Crippen molar-refractivity contribution in [2.75, 3.05) is 5.75 Å². The molecule has 0 spiro atoms. The highest BCUT2D eigenvalue weighted by molar-refractivity contribution is 7.98. The number of benzene rings is 1. The lowest BCUT2D eigenvalue weighted by Gasteiger charge is -2.08. The monoisotopic (exact) mass is 239 g/mol. The largest absolute Gasteiger partial charge is 0.480 e. The lowest BCUT2D eigenvalue weighted by atomic mass is 10.1. The highest BCUT2D eigenvalue weighted by Gasteiger charge is 2.11. The molecule has 88 valence electrons. The van der Waals surface area contributed by atoms with Gasteiger partial charge in [-0.2, -0.15) is 11.8 Å². The van der Waals surface area contributed by atoms with Crippen molar-refractivity contribution in [1.82, 2.24) is 0 Å². The molecule has 0 bridgehead atoms. The Bertz CT molecular complexity index is 379. The number of aryl methyl sites for hydroxylation is 2. The first-order valence-corrected chi connectivity index (χ1v) is 6.28. The maximum Gasteiger partial charge on any atom is 0.321 e. The van der Waals surface area contributed by atoms with Crippen LogP contribution in [0, 0.1) is 13.8 Å². The summed E-state index contributed by atoms with van der Waals surface area (Å²) >= 11 is 1.56. The molecule has 1 aromatic rings. The van der Waals surface area contributed by atoms with E-state index in [1.165, 1.54) is 16.7 Å². The molecule has 1 rings (SSSR count). The molecule has 0 saturated carbocycles. The molecule has 16 heavy (non-hydrogen) atoms. The lowest BCUT2D eigenvalue weighted by Crippen LogP contribution is -2.32. The second kappa shape index (κ2) is 5.92. The average molecular weight is 239 g/mol. The summed E-state index contributed by atoms with van der Waals surface area (Å²) in [5, 5.41) is 8.64. The average Bonchev–Trinajstić information content (AvgIpc) is 2.22. The summed E-state index contributed by atoms with van der Waals surface area (Å²) in [5.74, 6) is 0.325. The Labute approximate surface area is 100 Å². The van der Waals surface area contributed by atoms with Gasteiger partial charge in [0.05, 0.1) is 0 Å². The van der Waals surface area contributed by atoms with Crippen LogP contribution in [-0.2, 0) is 10.5 Å². The zero-order chi connectivity index (χ0) is 12.1. The number of aliphatic carboxylic acids is 1. The van der Waals surface area contributed by atoms with E-state index in [1.807, 2.05) is 0 Å². The number of carboxylic acids is 1. The maximum atomic E-state index is 10.5. The molecule has 1 aromatic carbocycles. The topological polar surface area (TPSA) is 63.3 Å². The molecule has 3 nitrogen and oxygen atoms in total. The van der Waals surface area contributed by atoms with E-state index in [2.05, 4.69) is 32.0 Å². The Morgan fingerprint density at radius 1 is 1.50 bits per heavy atom. The van der Waals surface area contributed by atoms with Gasteiger partial charge in [0.2, 0.25) is 0 Å². The first-order valence-electron chi connectivity index (χ1n) is 5.13. The summed E-state index contributed by atoms with van der Waals surface area (Å²) in [6, 6.07) is 5.53. The van der Waals surface area contributed by atoms with Crippen LogP contribution in [0.4, 0.5) is 0 Å². The van der Waals surface area contributed by atoms with Crippen molar-refractivity contribution >= 4 is 17.7 Å². The molecule has 0 aliphatic rings. The second-order valence-electron chi connectivity index (χ2n) is 3.89. The number of hydrogen-bond donors (Lipinski definition) is 2. The van der Waals surface area contributed by atoms with Gasteiger partial charge in [-0.3, -0.25) is 4.79 Å². The lowest BCUT2D eigenvalue weighted by molar-refractivity contribution is -0.137. The number of rotatable bonds is 5. The van der Waals surface area contributed by atoms with Crippen molar-refractivity contribution in [3.63, 3.8) is 0 Å². The molecule has 0 aliphatic carbocycles. The van der Waals surface area contributed by atoms with Gasteiger partial charge in [-0.15, -0.1) is 0 Å². The summed E-state index contributed by atoms with van der Waals surface area (Å²) in [4.78, 5) is 10.5. The molecule has 3 N–H and O–H groups in total. The zero-order valence-electron chi connectivity index (χ0n) is 9.56. The van der Waals surface area contributed by atoms with Gasteiger partial charge in [-0.05, 0) is 25.0 Å².